The number of benzene rings is 1. The lowest BCUT2D eigenvalue weighted by molar-refractivity contribution is 0.0477. The first-order chi connectivity index (χ1) is 12.8. The van der Waals surface area contributed by atoms with E-state index >= 15 is 0 Å². The fourth-order valence-corrected chi connectivity index (χ4v) is 3.39. The van der Waals surface area contributed by atoms with Gasteiger partial charge < -0.3 is 10.1 Å². The first-order valence-corrected chi connectivity index (χ1v) is 9.39. The van der Waals surface area contributed by atoms with Crippen LogP contribution in [-0.2, 0) is 11.3 Å². The van der Waals surface area contributed by atoms with Crippen LogP contribution in [0, 0.1) is 12.3 Å². The number of nitrogens with zero attached hydrogens (tertiary/aromatic N) is 2. The molecule has 1 fully saturated rings. The number of aromatic nitrogens is 1. The first-order valence-electron chi connectivity index (χ1n) is 9.39. The van der Waals surface area contributed by atoms with Crippen LogP contribution in [0.2, 0.25) is 0 Å². The molecule has 5 heteroatoms. The molecule has 3 rings (SSSR count). The highest BCUT2D eigenvalue weighted by Crippen LogP contribution is 2.21. The maximum atomic E-state index is 11.9. The minimum absolute atomic E-state index is 0.173. The van der Waals surface area contributed by atoms with Crippen LogP contribution in [0.5, 0.6) is 0 Å². The Kier molecular flexibility index (Phi) is 5.67. The van der Waals surface area contributed by atoms with E-state index < -0.39 is 5.60 Å². The van der Waals surface area contributed by atoms with E-state index in [2.05, 4.69) is 39.3 Å². The first kappa shape index (κ1) is 19.2. The van der Waals surface area contributed by atoms with Crippen LogP contribution in [0.1, 0.15) is 44.7 Å². The summed E-state index contributed by atoms with van der Waals surface area (Å²) < 4.78 is 5.34. The molecule has 0 unspecified atom stereocenters. The third kappa shape index (κ3) is 5.21. The fourth-order valence-electron chi connectivity index (χ4n) is 3.39. The summed E-state index contributed by atoms with van der Waals surface area (Å²) in [4.78, 5) is 18.5. The summed E-state index contributed by atoms with van der Waals surface area (Å²) in [5.74, 6) is 2.71. The van der Waals surface area contributed by atoms with Gasteiger partial charge in [0.1, 0.15) is 5.60 Å². The second-order valence-corrected chi connectivity index (χ2v) is 8.08. The van der Waals surface area contributed by atoms with Crippen molar-refractivity contribution in [3.63, 3.8) is 0 Å². The van der Waals surface area contributed by atoms with E-state index in [4.69, 9.17) is 11.2 Å². The van der Waals surface area contributed by atoms with E-state index in [0.29, 0.717) is 0 Å². The number of piperidine rings is 1. The molecule has 0 atom stereocenters. The van der Waals surface area contributed by atoms with Gasteiger partial charge in [-0.25, -0.2) is 4.79 Å². The Balaban J connectivity index is 1.56. The molecule has 2 heterocycles. The summed E-state index contributed by atoms with van der Waals surface area (Å²) >= 11 is 0. The number of carbonyl (C=O) groups is 1. The maximum Gasteiger partial charge on any atom is 0.407 e. The number of rotatable bonds is 3. The van der Waals surface area contributed by atoms with Gasteiger partial charge in [-0.05, 0) is 45.2 Å². The largest absolute Gasteiger partial charge is 0.444 e. The predicted octanol–water partition coefficient (Wildman–Crippen LogP) is 3.71. The SMILES string of the molecule is C#Cc1cncc2ccc(CN3CCC(NC(=O)OC(C)(C)C)CC3)cc12. The van der Waals surface area contributed by atoms with Crippen molar-refractivity contribution in [2.24, 2.45) is 0 Å². The van der Waals surface area contributed by atoms with Gasteiger partial charge >= 0.3 is 6.09 Å². The summed E-state index contributed by atoms with van der Waals surface area (Å²) in [7, 11) is 0. The van der Waals surface area contributed by atoms with Crippen molar-refractivity contribution in [3.05, 3.63) is 41.7 Å². The highest BCUT2D eigenvalue weighted by Gasteiger charge is 2.23. The summed E-state index contributed by atoms with van der Waals surface area (Å²) in [6, 6.07) is 6.55. The Morgan fingerprint density at radius 2 is 2.07 bits per heavy atom. The molecule has 1 saturated heterocycles. The molecule has 1 aromatic carbocycles. The van der Waals surface area contributed by atoms with Crippen molar-refractivity contribution in [2.45, 2.75) is 51.8 Å². The van der Waals surface area contributed by atoms with E-state index in [1.54, 1.807) is 6.20 Å². The summed E-state index contributed by atoms with van der Waals surface area (Å²) in [5, 5.41) is 5.12. The van der Waals surface area contributed by atoms with E-state index in [1.807, 2.05) is 27.0 Å². The van der Waals surface area contributed by atoms with Crippen molar-refractivity contribution in [1.82, 2.24) is 15.2 Å². The molecule has 0 radical (unpaired) electrons. The van der Waals surface area contributed by atoms with Crippen LogP contribution in [0.4, 0.5) is 4.79 Å². The number of amides is 1. The smallest absolute Gasteiger partial charge is 0.407 e. The van der Waals surface area contributed by atoms with Gasteiger partial charge in [0.05, 0.1) is 5.56 Å². The minimum Gasteiger partial charge on any atom is -0.444 e. The monoisotopic (exact) mass is 365 g/mol. The highest BCUT2D eigenvalue weighted by molar-refractivity contribution is 5.87. The Morgan fingerprint density at radius 1 is 1.33 bits per heavy atom. The Labute approximate surface area is 161 Å². The Hall–Kier alpha value is -2.58. The van der Waals surface area contributed by atoms with Gasteiger partial charge in [-0.3, -0.25) is 9.88 Å². The van der Waals surface area contributed by atoms with E-state index in [0.717, 1.165) is 48.8 Å². The van der Waals surface area contributed by atoms with Crippen molar-refractivity contribution in [1.29, 1.82) is 0 Å². The van der Waals surface area contributed by atoms with Gasteiger partial charge in [0.15, 0.2) is 0 Å². The molecular weight excluding hydrogens is 338 g/mol. The van der Waals surface area contributed by atoms with Gasteiger partial charge in [0, 0.05) is 48.8 Å². The molecule has 1 aliphatic rings. The molecule has 1 amide bonds. The third-order valence-corrected chi connectivity index (χ3v) is 4.70. The lowest BCUT2D eigenvalue weighted by Gasteiger charge is -2.32. The number of likely N-dealkylation sites (tertiary alicyclic amines) is 1. The average Bonchev–Trinajstić information content (AvgIpc) is 2.61. The number of hydrogen-bond donors (Lipinski definition) is 1. The molecule has 142 valence electrons. The third-order valence-electron chi connectivity index (χ3n) is 4.70. The second-order valence-electron chi connectivity index (χ2n) is 8.08. The summed E-state index contributed by atoms with van der Waals surface area (Å²) in [6.45, 7) is 8.39. The van der Waals surface area contributed by atoms with Gasteiger partial charge in [-0.2, -0.15) is 0 Å². The fraction of sp³-hybridized carbons (Fsp3) is 0.455. The van der Waals surface area contributed by atoms with Crippen LogP contribution >= 0.6 is 0 Å². The molecular formula is C22H27N3O2. The van der Waals surface area contributed by atoms with Crippen LogP contribution in [-0.4, -0.2) is 40.7 Å². The van der Waals surface area contributed by atoms with E-state index in [1.165, 1.54) is 5.56 Å². The molecule has 0 bridgehead atoms. The lowest BCUT2D eigenvalue weighted by atomic mass is 10.0. The Bertz CT molecular complexity index is 856. The molecule has 1 aromatic heterocycles. The number of nitrogens with one attached hydrogen (secondary N) is 1. The van der Waals surface area contributed by atoms with Gasteiger partial charge in [0.25, 0.3) is 0 Å². The molecule has 27 heavy (non-hydrogen) atoms. The summed E-state index contributed by atoms with van der Waals surface area (Å²) in [6.07, 6.45) is 10.7. The molecule has 0 aliphatic carbocycles. The highest BCUT2D eigenvalue weighted by atomic mass is 16.6. The van der Waals surface area contributed by atoms with Crippen LogP contribution < -0.4 is 5.32 Å². The van der Waals surface area contributed by atoms with Crippen molar-refractivity contribution in [2.75, 3.05) is 13.1 Å². The van der Waals surface area contributed by atoms with Crippen LogP contribution in [0.15, 0.2) is 30.6 Å². The molecule has 2 aromatic rings. The number of ether oxygens (including phenoxy) is 1. The zero-order chi connectivity index (χ0) is 19.4. The topological polar surface area (TPSA) is 54.5 Å². The van der Waals surface area contributed by atoms with E-state index in [9.17, 15) is 4.79 Å². The van der Waals surface area contributed by atoms with Gasteiger partial charge in [-0.15, -0.1) is 6.42 Å². The van der Waals surface area contributed by atoms with Crippen molar-refractivity contribution in [3.8, 4) is 12.3 Å². The van der Waals surface area contributed by atoms with E-state index in [-0.39, 0.29) is 12.1 Å². The number of carbonyl (C=O) groups excluding carboxylic acids is 1. The quantitative estimate of drug-likeness (QED) is 0.843. The van der Waals surface area contributed by atoms with Crippen molar-refractivity contribution < 1.29 is 9.53 Å². The lowest BCUT2D eigenvalue weighted by Crippen LogP contribution is -2.45. The van der Waals surface area contributed by atoms with Crippen LogP contribution in [0.25, 0.3) is 10.8 Å². The van der Waals surface area contributed by atoms with Crippen molar-refractivity contribution >= 4 is 16.9 Å². The maximum absolute atomic E-state index is 11.9. The normalized spacial score (nSPS) is 16.1. The zero-order valence-corrected chi connectivity index (χ0v) is 16.3. The molecule has 1 aliphatic heterocycles. The van der Waals surface area contributed by atoms with Gasteiger partial charge in [0.2, 0.25) is 0 Å². The summed E-state index contributed by atoms with van der Waals surface area (Å²) in [5.41, 5.74) is 1.60. The molecule has 0 spiro atoms. The second kappa shape index (κ2) is 7.98. The molecule has 1 N–H and O–H groups in total. The number of terminal acetylenes is 1. The minimum atomic E-state index is -0.465. The predicted molar refractivity (Wildman–Crippen MR) is 107 cm³/mol. The molecule has 5 nitrogen and oxygen atoms in total. The number of alkyl carbamates (subject to hydrolysis) is 1. The number of fused-ring (bicyclic) bond motifs is 1. The number of pyridine rings is 1. The van der Waals surface area contributed by atoms with Crippen LogP contribution in [0.3, 0.4) is 0 Å². The average molecular weight is 365 g/mol. The molecule has 0 saturated carbocycles. The standard InChI is InChI=1S/C22H27N3O2/c1-5-17-13-23-14-18-7-6-16(12-20(17)18)15-25-10-8-19(9-11-25)24-21(26)27-22(2,3)4/h1,6-7,12-14,19H,8-11,15H2,2-4H3,(H,24,26). The zero-order valence-electron chi connectivity index (χ0n) is 16.3. The number of hydrogen-bond acceptors (Lipinski definition) is 4. The van der Waals surface area contributed by atoms with Gasteiger partial charge in [-0.1, -0.05) is 18.1 Å². The Morgan fingerprint density at radius 3 is 2.74 bits per heavy atom.